The molecule has 22 rings (SSSR count). The van der Waals surface area contributed by atoms with Gasteiger partial charge in [0.05, 0.1) is 39.6 Å². The van der Waals surface area contributed by atoms with Gasteiger partial charge in [-0.1, -0.05) is 0 Å². The lowest BCUT2D eigenvalue weighted by Crippen LogP contribution is -2.69. The number of hydrogen-bond acceptors (Lipinski definition) is 30. The number of aliphatic hydroxyl groups excluding tert-OH is 18. The molecule has 22 aliphatic heterocycles. The van der Waals surface area contributed by atoms with Crippen molar-refractivity contribution >= 4 is 0 Å². The number of rotatable bonds is 6. The summed E-state index contributed by atoms with van der Waals surface area (Å²) >= 11 is 0. The van der Waals surface area contributed by atoms with Crippen LogP contribution in [0.25, 0.3) is 0 Å². The standard InChI is InChI=1S/C36H60O30/c37-1-7-25-13(43)19(49)31(55-7)62-26-8(2-38)57-33(21(51)15(26)45)64-28-10(4-40)59-35(23(53)17(28)47)66-30-12(6-42)60-36(24(54)18(30)48)65-29-11(5-41)58-34(22(52)16(29)46)63-27-9(3-39)56-32(61-25)20(50)14(27)44/h7-54H,1-6H2/t7-,8-,9-,10-,11-,12-,13-,14-,15-,16-,17-,18+,19+,20+,21+,22-,23+,24-,25-,26+,27+,28+,29+,30+,31+,32+,33+,34+,35+,36+/m0/s1. The average Bonchev–Trinajstić information content (AvgIpc) is 3.31. The van der Waals surface area contributed by atoms with E-state index in [-0.39, 0.29) is 0 Å². The van der Waals surface area contributed by atoms with Crippen molar-refractivity contribution in [3.8, 4) is 0 Å². The van der Waals surface area contributed by atoms with E-state index in [0.717, 1.165) is 0 Å². The maximum Gasteiger partial charge on any atom is 0.187 e. The first-order chi connectivity index (χ1) is 31.4. The van der Waals surface area contributed by atoms with Crippen LogP contribution < -0.4 is 0 Å². The highest BCUT2D eigenvalue weighted by atomic mass is 16.8. The monoisotopic (exact) mass is 972 g/mol. The maximum atomic E-state index is 11.2. The van der Waals surface area contributed by atoms with Crippen molar-refractivity contribution in [1.29, 1.82) is 0 Å². The SMILES string of the molecule is OC[C@@H]1O[C@@H]2O[C@H]3[C@@H](O)[C@@H](O)[C@@H](O[C@H]4[C@@H](O)[C@@H](O)[C@@H](O[C@H]5[C@H](O)[C@H](O)[C@@H](O[C@H]6[C@@H](O)[C@H](O)[C@@H](O[C@H]7[C@@H](O)[C@@H](O)[C@@H](O[C@@H]1[C@@H](O)[C@H]2O)O[C@H]7CO)O[C@H]6CO)O[C@H]5CO)O[C@H]4CO)O[C@H]3CO. The average molecular weight is 973 g/mol. The van der Waals surface area contributed by atoms with Crippen LogP contribution in [0.2, 0.25) is 0 Å². The van der Waals surface area contributed by atoms with Gasteiger partial charge in [-0.3, -0.25) is 0 Å². The van der Waals surface area contributed by atoms with Gasteiger partial charge in [-0.15, -0.1) is 0 Å². The van der Waals surface area contributed by atoms with Gasteiger partial charge in [-0.25, -0.2) is 0 Å². The van der Waals surface area contributed by atoms with E-state index >= 15 is 0 Å². The van der Waals surface area contributed by atoms with Crippen LogP contribution in [0.15, 0.2) is 0 Å². The first-order valence-electron chi connectivity index (χ1n) is 21.1. The second-order valence-electron chi connectivity index (χ2n) is 16.8. The van der Waals surface area contributed by atoms with Crippen LogP contribution in [0.5, 0.6) is 0 Å². The Bertz CT molecular complexity index is 1230. The number of ether oxygens (including phenoxy) is 12. The minimum absolute atomic E-state index is 0.999. The van der Waals surface area contributed by atoms with Gasteiger partial charge >= 0.3 is 0 Å². The summed E-state index contributed by atoms with van der Waals surface area (Å²) in [6.45, 7) is -5.99. The molecule has 22 aliphatic rings. The van der Waals surface area contributed by atoms with Crippen molar-refractivity contribution in [2.75, 3.05) is 39.6 Å². The molecule has 12 bridgehead atoms. The number of aliphatic hydroxyl groups is 18. The van der Waals surface area contributed by atoms with E-state index in [2.05, 4.69) is 0 Å². The van der Waals surface area contributed by atoms with E-state index < -0.39 is 224 Å². The Labute approximate surface area is 372 Å². The summed E-state index contributed by atoms with van der Waals surface area (Å²) in [5.74, 6) is 0. The molecule has 66 heavy (non-hydrogen) atoms. The van der Waals surface area contributed by atoms with Gasteiger partial charge in [-0.2, -0.15) is 0 Å². The van der Waals surface area contributed by atoms with Crippen LogP contribution in [-0.2, 0) is 56.8 Å². The summed E-state index contributed by atoms with van der Waals surface area (Å²) < 4.78 is 67.9. The third kappa shape index (κ3) is 10.0. The molecule has 22 saturated heterocycles. The molecule has 0 aliphatic carbocycles. The highest BCUT2D eigenvalue weighted by Crippen LogP contribution is 2.38. The summed E-state index contributed by atoms with van der Waals surface area (Å²) in [5.41, 5.74) is 0. The van der Waals surface area contributed by atoms with E-state index in [1.165, 1.54) is 0 Å². The molecule has 22 heterocycles. The maximum absolute atomic E-state index is 11.2. The van der Waals surface area contributed by atoms with E-state index in [9.17, 15) is 91.9 Å². The predicted octanol–water partition coefficient (Wildman–Crippen LogP) is -13.1. The molecule has 30 atom stereocenters. The van der Waals surface area contributed by atoms with Gasteiger partial charge < -0.3 is 149 Å². The fourth-order valence-corrected chi connectivity index (χ4v) is 8.93. The normalized spacial score (nSPS) is 55.4. The second kappa shape index (κ2) is 22.1. The van der Waals surface area contributed by atoms with Crippen LogP contribution in [0, 0.1) is 0 Å². The Morgan fingerprint density at radius 2 is 0.303 bits per heavy atom. The first kappa shape index (κ1) is 52.6. The van der Waals surface area contributed by atoms with E-state index in [4.69, 9.17) is 56.8 Å². The van der Waals surface area contributed by atoms with Crippen LogP contribution in [0.4, 0.5) is 0 Å². The second-order valence-corrected chi connectivity index (χ2v) is 16.8. The Morgan fingerprint density at radius 3 is 0.409 bits per heavy atom. The zero-order valence-corrected chi connectivity index (χ0v) is 34.5. The molecule has 384 valence electrons. The molecule has 0 radical (unpaired) electrons. The van der Waals surface area contributed by atoms with E-state index in [1.807, 2.05) is 0 Å². The van der Waals surface area contributed by atoms with Crippen molar-refractivity contribution in [1.82, 2.24) is 0 Å². The van der Waals surface area contributed by atoms with E-state index in [1.54, 1.807) is 0 Å². The molecule has 0 saturated carbocycles. The summed E-state index contributed by atoms with van der Waals surface area (Å²) in [4.78, 5) is 0. The molecule has 0 unspecified atom stereocenters. The van der Waals surface area contributed by atoms with Crippen molar-refractivity contribution in [2.45, 2.75) is 184 Å². The van der Waals surface area contributed by atoms with Gasteiger partial charge in [0.1, 0.15) is 146 Å². The van der Waals surface area contributed by atoms with Gasteiger partial charge in [0.25, 0.3) is 0 Å². The van der Waals surface area contributed by atoms with Crippen molar-refractivity contribution in [3.05, 3.63) is 0 Å². The third-order valence-electron chi connectivity index (χ3n) is 12.7. The van der Waals surface area contributed by atoms with E-state index in [0.29, 0.717) is 0 Å². The molecule has 0 aromatic carbocycles. The Balaban J connectivity index is 1.19. The lowest BCUT2D eigenvalue weighted by molar-refractivity contribution is -0.404. The first-order valence-corrected chi connectivity index (χ1v) is 21.1. The van der Waals surface area contributed by atoms with Crippen LogP contribution in [0.1, 0.15) is 0 Å². The molecule has 18 N–H and O–H groups in total. The highest BCUT2D eigenvalue weighted by Gasteiger charge is 2.58. The topological polar surface area (TPSA) is 475 Å². The minimum Gasteiger partial charge on any atom is -0.394 e. The summed E-state index contributed by atoms with van der Waals surface area (Å²) in [6.07, 6.45) is -58.5. The molecule has 0 spiro atoms. The van der Waals surface area contributed by atoms with Gasteiger partial charge in [0.15, 0.2) is 37.7 Å². The van der Waals surface area contributed by atoms with Gasteiger partial charge in [-0.05, 0) is 0 Å². The van der Waals surface area contributed by atoms with Crippen LogP contribution in [0.3, 0.4) is 0 Å². The molecule has 0 amide bonds. The summed E-state index contributed by atoms with van der Waals surface area (Å²) in [5, 5.41) is 196. The summed E-state index contributed by atoms with van der Waals surface area (Å²) in [6, 6.07) is 0. The molecule has 30 heteroatoms. The smallest absolute Gasteiger partial charge is 0.187 e. The lowest BCUT2D eigenvalue weighted by Gasteiger charge is -2.50. The fourth-order valence-electron chi connectivity index (χ4n) is 8.93. The highest BCUT2D eigenvalue weighted by molar-refractivity contribution is 5.01. The van der Waals surface area contributed by atoms with Crippen LogP contribution >= 0.6 is 0 Å². The quantitative estimate of drug-likeness (QED) is 0.117. The zero-order valence-electron chi connectivity index (χ0n) is 34.5. The Kier molecular flexibility index (Phi) is 17.6. The Morgan fingerprint density at radius 1 is 0.182 bits per heavy atom. The van der Waals surface area contributed by atoms with Crippen molar-refractivity contribution in [2.24, 2.45) is 0 Å². The molecule has 30 nitrogen and oxygen atoms in total. The molecule has 22 fully saturated rings. The van der Waals surface area contributed by atoms with Crippen LogP contribution in [-0.4, -0.2) is 316 Å². The third-order valence-corrected chi connectivity index (χ3v) is 12.7. The largest absolute Gasteiger partial charge is 0.394 e. The summed E-state index contributed by atoms with van der Waals surface area (Å²) in [7, 11) is 0. The van der Waals surface area contributed by atoms with Gasteiger partial charge in [0, 0.05) is 0 Å². The van der Waals surface area contributed by atoms with Gasteiger partial charge in [0.2, 0.25) is 0 Å². The predicted molar refractivity (Wildman–Crippen MR) is 196 cm³/mol. The van der Waals surface area contributed by atoms with Crippen molar-refractivity contribution < 1.29 is 149 Å². The molecule has 0 aromatic rings. The molecular formula is C36H60O30. The molecule has 0 aromatic heterocycles. The zero-order chi connectivity index (χ0) is 48.0. The fraction of sp³-hybridized carbons (Fsp3) is 1.00. The minimum atomic E-state index is -2.15. The molecular weight excluding hydrogens is 912 g/mol. The number of hydrogen-bond donors (Lipinski definition) is 18. The lowest BCUT2D eigenvalue weighted by atomic mass is 9.94. The Hall–Kier alpha value is -1.20. The van der Waals surface area contributed by atoms with Crippen molar-refractivity contribution in [3.63, 3.8) is 0 Å².